The summed E-state index contributed by atoms with van der Waals surface area (Å²) >= 11 is 0. The number of nitrogens with zero attached hydrogens (tertiary/aromatic N) is 3. The minimum absolute atomic E-state index is 0.558. The molecule has 9 rings (SSSR count). The molecule has 0 spiro atoms. The topological polar surface area (TPSA) is 51.8 Å². The highest BCUT2D eigenvalue weighted by Crippen LogP contribution is 2.38. The monoisotopic (exact) mass is 627 g/mol. The quantitative estimate of drug-likeness (QED) is 0.184. The summed E-state index contributed by atoms with van der Waals surface area (Å²) in [6.07, 6.45) is 0. The third-order valence-corrected chi connectivity index (χ3v) is 8.94. The molecule has 2 heterocycles. The number of rotatable bonds is 6. The Morgan fingerprint density at radius 2 is 0.755 bits per heavy atom. The lowest BCUT2D eigenvalue weighted by Gasteiger charge is -2.11. The van der Waals surface area contributed by atoms with Crippen molar-refractivity contribution in [3.8, 4) is 67.5 Å². The van der Waals surface area contributed by atoms with Crippen LogP contribution in [0.5, 0.6) is 0 Å². The zero-order valence-electron chi connectivity index (χ0n) is 26.5. The van der Waals surface area contributed by atoms with Gasteiger partial charge in [0.05, 0.1) is 5.56 Å². The highest BCUT2D eigenvalue weighted by molar-refractivity contribution is 6.10. The van der Waals surface area contributed by atoms with Gasteiger partial charge in [0, 0.05) is 21.9 Å². The van der Waals surface area contributed by atoms with Crippen LogP contribution in [0, 0.1) is 0 Å². The predicted octanol–water partition coefficient (Wildman–Crippen LogP) is 11.8. The molecule has 0 bridgehead atoms. The van der Waals surface area contributed by atoms with Gasteiger partial charge < -0.3 is 4.42 Å². The highest BCUT2D eigenvalue weighted by Gasteiger charge is 2.18. The maximum absolute atomic E-state index is 6.57. The summed E-state index contributed by atoms with van der Waals surface area (Å²) in [6.45, 7) is 0. The van der Waals surface area contributed by atoms with E-state index in [-0.39, 0.29) is 0 Å². The average molecular weight is 628 g/mol. The van der Waals surface area contributed by atoms with E-state index in [0.29, 0.717) is 17.5 Å². The Morgan fingerprint density at radius 3 is 1.31 bits per heavy atom. The molecule has 2 aromatic heterocycles. The van der Waals surface area contributed by atoms with Crippen molar-refractivity contribution in [2.75, 3.05) is 0 Å². The highest BCUT2D eigenvalue weighted by atomic mass is 16.3. The van der Waals surface area contributed by atoms with Gasteiger partial charge in [-0.25, -0.2) is 15.0 Å². The van der Waals surface area contributed by atoms with Crippen LogP contribution in [0.25, 0.3) is 89.5 Å². The number of hydrogen-bond donors (Lipinski definition) is 0. The fraction of sp³-hybridized carbons (Fsp3) is 0. The smallest absolute Gasteiger partial charge is 0.167 e. The van der Waals surface area contributed by atoms with E-state index in [1.165, 1.54) is 0 Å². The summed E-state index contributed by atoms with van der Waals surface area (Å²) < 4.78 is 6.57. The van der Waals surface area contributed by atoms with E-state index >= 15 is 0 Å². The standard InChI is InChI=1S/C45H29N3O/c1-4-13-30(14-5-1)33-19-10-21-36(27-33)43-46-44(37-22-11-20-34(28-37)31-15-6-2-7-16-31)48-45(47-43)39-24-12-23-38-40-29-35(32-17-8-3-9-18-32)25-26-41(40)49-42(38)39/h1-29H. The maximum atomic E-state index is 6.57. The number of benzene rings is 7. The van der Waals surface area contributed by atoms with E-state index in [1.807, 2.05) is 24.3 Å². The van der Waals surface area contributed by atoms with Gasteiger partial charge in [0.2, 0.25) is 0 Å². The lowest BCUT2D eigenvalue weighted by molar-refractivity contribution is 0.669. The molecule has 0 fully saturated rings. The first-order chi connectivity index (χ1) is 24.3. The molecule has 0 atom stereocenters. The second-order valence-electron chi connectivity index (χ2n) is 12.1. The van der Waals surface area contributed by atoms with Gasteiger partial charge in [0.15, 0.2) is 17.5 Å². The minimum atomic E-state index is 0.558. The molecule has 0 radical (unpaired) electrons. The molecule has 0 saturated heterocycles. The zero-order chi connectivity index (χ0) is 32.6. The molecule has 0 unspecified atom stereocenters. The first-order valence-corrected chi connectivity index (χ1v) is 16.4. The van der Waals surface area contributed by atoms with E-state index in [0.717, 1.165) is 72.0 Å². The van der Waals surface area contributed by atoms with Crippen LogP contribution in [-0.2, 0) is 0 Å². The molecule has 4 heteroatoms. The van der Waals surface area contributed by atoms with Gasteiger partial charge in [-0.15, -0.1) is 0 Å². The van der Waals surface area contributed by atoms with Crippen LogP contribution in [-0.4, -0.2) is 15.0 Å². The third-order valence-electron chi connectivity index (χ3n) is 8.94. The fourth-order valence-corrected chi connectivity index (χ4v) is 6.48. The van der Waals surface area contributed by atoms with Gasteiger partial charge in [-0.05, 0) is 63.7 Å². The second kappa shape index (κ2) is 12.2. The van der Waals surface area contributed by atoms with E-state index in [9.17, 15) is 0 Å². The van der Waals surface area contributed by atoms with Crippen molar-refractivity contribution in [2.24, 2.45) is 0 Å². The summed E-state index contributed by atoms with van der Waals surface area (Å²) in [5.74, 6) is 1.76. The van der Waals surface area contributed by atoms with Gasteiger partial charge in [0.1, 0.15) is 11.2 Å². The Morgan fingerprint density at radius 1 is 0.306 bits per heavy atom. The van der Waals surface area contributed by atoms with Gasteiger partial charge in [-0.3, -0.25) is 0 Å². The predicted molar refractivity (Wildman–Crippen MR) is 200 cm³/mol. The SMILES string of the molecule is c1ccc(-c2cccc(-c3nc(-c4cccc(-c5ccccc5)c4)nc(-c4cccc5c4oc4ccc(-c6ccccc6)cc45)n3)c2)cc1. The van der Waals surface area contributed by atoms with Crippen LogP contribution in [0.4, 0.5) is 0 Å². The first kappa shape index (κ1) is 28.6. The third kappa shape index (κ3) is 5.45. The van der Waals surface area contributed by atoms with E-state index in [4.69, 9.17) is 19.4 Å². The van der Waals surface area contributed by atoms with Crippen LogP contribution < -0.4 is 0 Å². The molecule has 49 heavy (non-hydrogen) atoms. The van der Waals surface area contributed by atoms with Crippen LogP contribution >= 0.6 is 0 Å². The van der Waals surface area contributed by atoms with Crippen molar-refractivity contribution >= 4 is 21.9 Å². The van der Waals surface area contributed by atoms with Crippen molar-refractivity contribution < 1.29 is 4.42 Å². The number of fused-ring (bicyclic) bond motifs is 3. The average Bonchev–Trinajstić information content (AvgIpc) is 3.57. The lowest BCUT2D eigenvalue weighted by atomic mass is 10.0. The van der Waals surface area contributed by atoms with Crippen LogP contribution in [0.3, 0.4) is 0 Å². The summed E-state index contributed by atoms with van der Waals surface area (Å²) in [5, 5.41) is 2.07. The summed E-state index contributed by atoms with van der Waals surface area (Å²) in [6, 6.07) is 60.5. The molecule has 0 amide bonds. The largest absolute Gasteiger partial charge is 0.455 e. The molecular weight excluding hydrogens is 599 g/mol. The van der Waals surface area contributed by atoms with Crippen LogP contribution in [0.2, 0.25) is 0 Å². The molecule has 0 aliphatic rings. The number of para-hydroxylation sites is 1. The molecular formula is C45H29N3O. The molecule has 4 nitrogen and oxygen atoms in total. The van der Waals surface area contributed by atoms with Crippen LogP contribution in [0.15, 0.2) is 180 Å². The number of furan rings is 1. The Hall–Kier alpha value is -6.65. The molecule has 230 valence electrons. The summed E-state index contributed by atoms with van der Waals surface area (Å²) in [4.78, 5) is 15.3. The van der Waals surface area contributed by atoms with E-state index in [2.05, 4.69) is 152 Å². The van der Waals surface area contributed by atoms with Gasteiger partial charge in [0.25, 0.3) is 0 Å². The minimum Gasteiger partial charge on any atom is -0.455 e. The lowest BCUT2D eigenvalue weighted by Crippen LogP contribution is -2.00. The van der Waals surface area contributed by atoms with Gasteiger partial charge in [-0.2, -0.15) is 0 Å². The number of aromatic nitrogens is 3. The van der Waals surface area contributed by atoms with E-state index in [1.54, 1.807) is 0 Å². The maximum Gasteiger partial charge on any atom is 0.167 e. The van der Waals surface area contributed by atoms with Gasteiger partial charge >= 0.3 is 0 Å². The van der Waals surface area contributed by atoms with Crippen molar-refractivity contribution in [3.05, 3.63) is 176 Å². The first-order valence-electron chi connectivity index (χ1n) is 16.4. The Kier molecular flexibility index (Phi) is 7.10. The Labute approximate surface area is 284 Å². The van der Waals surface area contributed by atoms with E-state index < -0.39 is 0 Å². The molecule has 0 saturated carbocycles. The second-order valence-corrected chi connectivity index (χ2v) is 12.1. The number of hydrogen-bond acceptors (Lipinski definition) is 4. The molecule has 0 aliphatic carbocycles. The summed E-state index contributed by atoms with van der Waals surface area (Å²) in [7, 11) is 0. The van der Waals surface area contributed by atoms with Crippen molar-refractivity contribution in [2.45, 2.75) is 0 Å². The van der Waals surface area contributed by atoms with Gasteiger partial charge in [-0.1, -0.05) is 146 Å². The molecule has 9 aromatic rings. The molecule has 0 N–H and O–H groups in total. The zero-order valence-corrected chi connectivity index (χ0v) is 26.5. The Bertz CT molecular complexity index is 2490. The Balaban J connectivity index is 1.23. The van der Waals surface area contributed by atoms with Crippen molar-refractivity contribution in [1.29, 1.82) is 0 Å². The van der Waals surface area contributed by atoms with Crippen LogP contribution in [0.1, 0.15) is 0 Å². The normalized spacial score (nSPS) is 11.3. The van der Waals surface area contributed by atoms with Crippen molar-refractivity contribution in [1.82, 2.24) is 15.0 Å². The molecule has 7 aromatic carbocycles. The molecule has 0 aliphatic heterocycles. The summed E-state index contributed by atoms with van der Waals surface area (Å²) in [5.41, 5.74) is 11.0. The van der Waals surface area contributed by atoms with Crippen molar-refractivity contribution in [3.63, 3.8) is 0 Å². The fourth-order valence-electron chi connectivity index (χ4n) is 6.48.